The first-order valence-corrected chi connectivity index (χ1v) is 9.47. The molecule has 4 rings (SSSR count). The quantitative estimate of drug-likeness (QED) is 0.607. The summed E-state index contributed by atoms with van der Waals surface area (Å²) in [5, 5.41) is 6.71. The Balaban J connectivity index is 1.32. The molecule has 2 aliphatic rings. The van der Waals surface area contributed by atoms with Gasteiger partial charge < -0.3 is 24.8 Å². The lowest BCUT2D eigenvalue weighted by molar-refractivity contribution is 0.174. The molecule has 0 aliphatic carbocycles. The Kier molecular flexibility index (Phi) is 5.32. The summed E-state index contributed by atoms with van der Waals surface area (Å²) in [7, 11) is 0. The van der Waals surface area contributed by atoms with Gasteiger partial charge in [-0.2, -0.15) is 0 Å². The molecule has 0 unspecified atom stereocenters. The zero-order valence-electron chi connectivity index (χ0n) is 15.6. The van der Waals surface area contributed by atoms with Gasteiger partial charge in [0.1, 0.15) is 5.75 Å². The fraction of sp³-hybridized carbons (Fsp3) is 0.381. The second-order valence-corrected chi connectivity index (χ2v) is 6.60. The number of aliphatic imine (C=N–C) groups is 1. The summed E-state index contributed by atoms with van der Waals surface area (Å²) in [5.41, 5.74) is 3.73. The molecule has 0 bridgehead atoms. The van der Waals surface area contributed by atoms with Crippen LogP contribution in [-0.2, 0) is 19.4 Å². The van der Waals surface area contributed by atoms with Gasteiger partial charge in [-0.1, -0.05) is 18.2 Å². The fourth-order valence-electron chi connectivity index (χ4n) is 3.27. The molecule has 6 heteroatoms. The van der Waals surface area contributed by atoms with Crippen LogP contribution in [0.15, 0.2) is 41.4 Å². The van der Waals surface area contributed by atoms with E-state index in [0.717, 1.165) is 61.3 Å². The Labute approximate surface area is 159 Å². The van der Waals surface area contributed by atoms with Gasteiger partial charge in [0.15, 0.2) is 17.5 Å². The van der Waals surface area contributed by atoms with Gasteiger partial charge in [-0.25, -0.2) is 4.99 Å². The van der Waals surface area contributed by atoms with Crippen LogP contribution in [-0.4, -0.2) is 32.4 Å². The van der Waals surface area contributed by atoms with Gasteiger partial charge in [0.05, 0.1) is 13.2 Å². The second-order valence-electron chi connectivity index (χ2n) is 6.60. The molecule has 2 N–H and O–H groups in total. The number of hydrogen-bond acceptors (Lipinski definition) is 4. The molecule has 27 heavy (non-hydrogen) atoms. The highest BCUT2D eigenvalue weighted by atomic mass is 16.7. The number of ether oxygens (including phenoxy) is 3. The molecular weight excluding hydrogens is 342 g/mol. The van der Waals surface area contributed by atoms with E-state index in [1.165, 1.54) is 11.1 Å². The maximum absolute atomic E-state index is 5.57. The third-order valence-corrected chi connectivity index (χ3v) is 4.66. The van der Waals surface area contributed by atoms with Crippen LogP contribution in [0.5, 0.6) is 17.2 Å². The largest absolute Gasteiger partial charge is 0.493 e. The average Bonchev–Trinajstić information content (AvgIpc) is 3.34. The summed E-state index contributed by atoms with van der Waals surface area (Å²) in [5.74, 6) is 3.44. The zero-order chi connectivity index (χ0) is 18.5. The zero-order valence-corrected chi connectivity index (χ0v) is 15.6. The molecule has 0 spiro atoms. The van der Waals surface area contributed by atoms with E-state index in [1.807, 2.05) is 18.2 Å². The molecular formula is C21H25N3O3. The van der Waals surface area contributed by atoms with Crippen LogP contribution < -0.4 is 24.8 Å². The average molecular weight is 367 g/mol. The van der Waals surface area contributed by atoms with Crippen LogP contribution in [0.1, 0.15) is 23.6 Å². The van der Waals surface area contributed by atoms with E-state index in [2.05, 4.69) is 40.7 Å². The molecule has 142 valence electrons. The predicted octanol–water partition coefficient (Wildman–Crippen LogP) is 2.65. The van der Waals surface area contributed by atoms with Crippen molar-refractivity contribution in [3.05, 3.63) is 53.1 Å². The highest BCUT2D eigenvalue weighted by molar-refractivity contribution is 5.79. The number of benzene rings is 2. The molecule has 0 saturated carbocycles. The van der Waals surface area contributed by atoms with E-state index in [9.17, 15) is 0 Å². The van der Waals surface area contributed by atoms with Crippen LogP contribution in [0.25, 0.3) is 0 Å². The normalized spacial score (nSPS) is 14.6. The first-order valence-electron chi connectivity index (χ1n) is 9.47. The first-order chi connectivity index (χ1) is 13.3. The topological polar surface area (TPSA) is 64.1 Å². The van der Waals surface area contributed by atoms with E-state index >= 15 is 0 Å². The highest BCUT2D eigenvalue weighted by Crippen LogP contribution is 2.32. The monoisotopic (exact) mass is 367 g/mol. The molecule has 2 aromatic carbocycles. The SMILES string of the molecule is CCNC(=NCc1ccc2c(c1)OCO2)NCCc1ccc2c(c1)CCO2. The minimum absolute atomic E-state index is 0.293. The van der Waals surface area contributed by atoms with Gasteiger partial charge >= 0.3 is 0 Å². The van der Waals surface area contributed by atoms with Crippen molar-refractivity contribution in [2.75, 3.05) is 26.5 Å². The molecule has 0 amide bonds. The van der Waals surface area contributed by atoms with Gasteiger partial charge in [-0.3, -0.25) is 0 Å². The number of guanidine groups is 1. The predicted molar refractivity (Wildman–Crippen MR) is 105 cm³/mol. The van der Waals surface area contributed by atoms with Gasteiger partial charge in [0.25, 0.3) is 0 Å². The third-order valence-electron chi connectivity index (χ3n) is 4.66. The van der Waals surface area contributed by atoms with Crippen molar-refractivity contribution in [3.8, 4) is 17.2 Å². The first kappa shape index (κ1) is 17.5. The van der Waals surface area contributed by atoms with E-state index in [1.54, 1.807) is 0 Å². The van der Waals surface area contributed by atoms with Crippen molar-refractivity contribution in [2.24, 2.45) is 4.99 Å². The van der Waals surface area contributed by atoms with Gasteiger partial charge in [0, 0.05) is 19.5 Å². The molecule has 2 aromatic rings. The minimum atomic E-state index is 0.293. The van der Waals surface area contributed by atoms with Crippen molar-refractivity contribution in [1.29, 1.82) is 0 Å². The van der Waals surface area contributed by atoms with Crippen LogP contribution >= 0.6 is 0 Å². The van der Waals surface area contributed by atoms with Crippen LogP contribution in [0, 0.1) is 0 Å². The Morgan fingerprint density at radius 2 is 1.81 bits per heavy atom. The Morgan fingerprint density at radius 1 is 0.963 bits per heavy atom. The Morgan fingerprint density at radius 3 is 2.74 bits per heavy atom. The molecule has 0 saturated heterocycles. The number of hydrogen-bond donors (Lipinski definition) is 2. The summed E-state index contributed by atoms with van der Waals surface area (Å²) in [4.78, 5) is 4.68. The maximum Gasteiger partial charge on any atom is 0.231 e. The standard InChI is InChI=1S/C21H25N3O3/c1-2-22-21(24-13-16-4-6-19-20(12-16)27-14-26-19)23-9-7-15-3-5-18-17(11-15)8-10-25-18/h3-6,11-12H,2,7-10,13-14H2,1H3,(H2,22,23,24). The molecule has 2 aliphatic heterocycles. The van der Waals surface area contributed by atoms with Gasteiger partial charge in [-0.15, -0.1) is 0 Å². The lowest BCUT2D eigenvalue weighted by Gasteiger charge is -2.12. The summed E-state index contributed by atoms with van der Waals surface area (Å²) in [6.07, 6.45) is 1.96. The van der Waals surface area contributed by atoms with Crippen LogP contribution in [0.4, 0.5) is 0 Å². The van der Waals surface area contributed by atoms with Crippen molar-refractivity contribution in [1.82, 2.24) is 10.6 Å². The van der Waals surface area contributed by atoms with E-state index in [0.29, 0.717) is 13.3 Å². The number of nitrogens with one attached hydrogen (secondary N) is 2. The van der Waals surface area contributed by atoms with Crippen LogP contribution in [0.2, 0.25) is 0 Å². The van der Waals surface area contributed by atoms with Crippen molar-refractivity contribution in [3.63, 3.8) is 0 Å². The Bertz CT molecular complexity index is 835. The highest BCUT2D eigenvalue weighted by Gasteiger charge is 2.13. The molecule has 2 heterocycles. The molecule has 0 fully saturated rings. The summed E-state index contributed by atoms with van der Waals surface area (Å²) in [6.45, 7) is 5.39. The van der Waals surface area contributed by atoms with Crippen molar-refractivity contribution >= 4 is 5.96 Å². The maximum atomic E-state index is 5.57. The molecule has 0 aromatic heterocycles. The van der Waals surface area contributed by atoms with E-state index in [4.69, 9.17) is 14.2 Å². The number of nitrogens with zero attached hydrogens (tertiary/aromatic N) is 1. The molecule has 0 atom stereocenters. The smallest absolute Gasteiger partial charge is 0.231 e. The van der Waals surface area contributed by atoms with Crippen molar-refractivity contribution < 1.29 is 14.2 Å². The molecule has 0 radical (unpaired) electrons. The molecule has 6 nitrogen and oxygen atoms in total. The number of rotatable bonds is 6. The second kappa shape index (κ2) is 8.20. The van der Waals surface area contributed by atoms with E-state index < -0.39 is 0 Å². The third kappa shape index (κ3) is 4.27. The van der Waals surface area contributed by atoms with E-state index in [-0.39, 0.29) is 0 Å². The summed E-state index contributed by atoms with van der Waals surface area (Å²) >= 11 is 0. The fourth-order valence-corrected chi connectivity index (χ4v) is 3.27. The summed E-state index contributed by atoms with van der Waals surface area (Å²) in [6, 6.07) is 12.4. The summed E-state index contributed by atoms with van der Waals surface area (Å²) < 4.78 is 16.3. The van der Waals surface area contributed by atoms with Crippen LogP contribution in [0.3, 0.4) is 0 Å². The van der Waals surface area contributed by atoms with Gasteiger partial charge in [0.2, 0.25) is 6.79 Å². The van der Waals surface area contributed by atoms with Gasteiger partial charge in [-0.05, 0) is 48.2 Å². The number of fused-ring (bicyclic) bond motifs is 2. The Hall–Kier alpha value is -2.89. The van der Waals surface area contributed by atoms with Crippen molar-refractivity contribution in [2.45, 2.75) is 26.3 Å². The lowest BCUT2D eigenvalue weighted by Crippen LogP contribution is -2.38. The minimum Gasteiger partial charge on any atom is -0.493 e. The lowest BCUT2D eigenvalue weighted by atomic mass is 10.1.